The summed E-state index contributed by atoms with van der Waals surface area (Å²) >= 11 is 0. The average Bonchev–Trinajstić information content (AvgIpc) is 3.40. The second kappa shape index (κ2) is 7.00. The summed E-state index contributed by atoms with van der Waals surface area (Å²) in [4.78, 5) is 15.1. The van der Waals surface area contributed by atoms with E-state index in [9.17, 15) is 4.79 Å². The van der Waals surface area contributed by atoms with Crippen LogP contribution in [0.3, 0.4) is 0 Å². The number of carbonyl (C=O) groups excluding carboxylic acids is 1. The number of nitrogens with zero attached hydrogens (tertiary/aromatic N) is 3. The molecule has 1 atom stereocenters. The Morgan fingerprint density at radius 3 is 2.64 bits per heavy atom. The molecule has 1 aromatic carbocycles. The molecule has 0 radical (unpaired) electrons. The van der Waals surface area contributed by atoms with E-state index in [1.165, 1.54) is 18.4 Å². The van der Waals surface area contributed by atoms with E-state index in [1.807, 2.05) is 36.1 Å². The van der Waals surface area contributed by atoms with E-state index in [1.54, 1.807) is 0 Å². The van der Waals surface area contributed by atoms with Crippen molar-refractivity contribution in [3.63, 3.8) is 0 Å². The zero-order valence-corrected chi connectivity index (χ0v) is 14.8. The highest BCUT2D eigenvalue weighted by atomic mass is 16.2. The smallest absolute Gasteiger partial charge is 0.241 e. The number of hydrogen-bond acceptors (Lipinski definition) is 3. The Morgan fingerprint density at radius 1 is 1.16 bits per heavy atom. The predicted molar refractivity (Wildman–Crippen MR) is 98.3 cm³/mol. The zero-order valence-electron chi connectivity index (χ0n) is 14.8. The Labute approximate surface area is 149 Å². The maximum atomic E-state index is 12.8. The Morgan fingerprint density at radius 2 is 1.96 bits per heavy atom. The summed E-state index contributed by atoms with van der Waals surface area (Å²) in [6.07, 6.45) is 7.60. The minimum absolute atomic E-state index is 0.0632. The van der Waals surface area contributed by atoms with Crippen LogP contribution in [-0.2, 0) is 18.4 Å². The van der Waals surface area contributed by atoms with Gasteiger partial charge in [-0.2, -0.15) is 5.10 Å². The maximum absolute atomic E-state index is 12.8. The predicted octanol–water partition coefficient (Wildman–Crippen LogP) is 3.29. The standard InChI is InChI=1S/C20H26N4O/c1-23-18(11-12-21-23)14-24-13-3-2-4-19(24)20(25)22-17-9-7-16(8-10-17)15-5-6-15/h7-12,15,19H,2-6,13-14H2,1H3,(H,22,25)/t19-/m1/s1. The Hall–Kier alpha value is -2.14. The van der Waals surface area contributed by atoms with Gasteiger partial charge in [0.25, 0.3) is 0 Å². The van der Waals surface area contributed by atoms with Gasteiger partial charge in [0, 0.05) is 25.5 Å². The molecule has 1 saturated carbocycles. The molecule has 132 valence electrons. The fourth-order valence-corrected chi connectivity index (χ4v) is 3.72. The SMILES string of the molecule is Cn1nccc1CN1CCCC[C@@H]1C(=O)Nc1ccc(C2CC2)cc1. The van der Waals surface area contributed by atoms with Crippen molar-refractivity contribution in [2.45, 2.75) is 50.6 Å². The summed E-state index contributed by atoms with van der Waals surface area (Å²) in [5, 5.41) is 7.36. The van der Waals surface area contributed by atoms with E-state index < -0.39 is 0 Å². The van der Waals surface area contributed by atoms with Crippen molar-refractivity contribution >= 4 is 11.6 Å². The first-order valence-corrected chi connectivity index (χ1v) is 9.32. The molecule has 2 heterocycles. The van der Waals surface area contributed by atoms with E-state index in [0.717, 1.165) is 49.7 Å². The highest BCUT2D eigenvalue weighted by Gasteiger charge is 2.29. The summed E-state index contributed by atoms with van der Waals surface area (Å²) in [7, 11) is 1.95. The van der Waals surface area contributed by atoms with Crippen molar-refractivity contribution in [2.24, 2.45) is 7.05 Å². The van der Waals surface area contributed by atoms with Crippen LogP contribution in [-0.4, -0.2) is 33.2 Å². The number of nitrogens with one attached hydrogen (secondary N) is 1. The lowest BCUT2D eigenvalue weighted by Crippen LogP contribution is -2.46. The van der Waals surface area contributed by atoms with Gasteiger partial charge in [0.05, 0.1) is 11.7 Å². The molecule has 1 amide bonds. The number of aryl methyl sites for hydroxylation is 1. The molecule has 1 aliphatic carbocycles. The molecule has 25 heavy (non-hydrogen) atoms. The van der Waals surface area contributed by atoms with Crippen LogP contribution in [0.15, 0.2) is 36.5 Å². The maximum Gasteiger partial charge on any atom is 0.241 e. The molecular formula is C20H26N4O. The number of amides is 1. The third-order valence-corrected chi connectivity index (χ3v) is 5.43. The van der Waals surface area contributed by atoms with Gasteiger partial charge in [-0.1, -0.05) is 18.6 Å². The highest BCUT2D eigenvalue weighted by molar-refractivity contribution is 5.94. The van der Waals surface area contributed by atoms with Crippen LogP contribution in [0.25, 0.3) is 0 Å². The molecule has 5 heteroatoms. The normalized spacial score (nSPS) is 21.2. The van der Waals surface area contributed by atoms with Crippen molar-refractivity contribution in [1.29, 1.82) is 0 Å². The Bertz CT molecular complexity index is 732. The second-order valence-electron chi connectivity index (χ2n) is 7.31. The van der Waals surface area contributed by atoms with Crippen molar-refractivity contribution in [2.75, 3.05) is 11.9 Å². The van der Waals surface area contributed by atoms with Crippen molar-refractivity contribution in [1.82, 2.24) is 14.7 Å². The summed E-state index contributed by atoms with van der Waals surface area (Å²) in [5.74, 6) is 0.860. The Kier molecular flexibility index (Phi) is 4.57. The molecule has 1 saturated heterocycles. The molecule has 1 N–H and O–H groups in total. The molecule has 2 aliphatic rings. The van der Waals surface area contributed by atoms with Crippen LogP contribution in [0.2, 0.25) is 0 Å². The molecule has 0 spiro atoms. The molecule has 4 rings (SSSR count). The summed E-state index contributed by atoms with van der Waals surface area (Å²) in [5.41, 5.74) is 3.45. The first kappa shape index (κ1) is 16.3. The number of hydrogen-bond donors (Lipinski definition) is 1. The van der Waals surface area contributed by atoms with Crippen LogP contribution < -0.4 is 5.32 Å². The zero-order chi connectivity index (χ0) is 17.2. The fraction of sp³-hybridized carbons (Fsp3) is 0.500. The number of aromatic nitrogens is 2. The Balaban J connectivity index is 1.42. The fourth-order valence-electron chi connectivity index (χ4n) is 3.72. The first-order valence-electron chi connectivity index (χ1n) is 9.32. The molecule has 5 nitrogen and oxygen atoms in total. The van der Waals surface area contributed by atoms with E-state index in [0.29, 0.717) is 0 Å². The van der Waals surface area contributed by atoms with Gasteiger partial charge >= 0.3 is 0 Å². The quantitative estimate of drug-likeness (QED) is 0.910. The minimum atomic E-state index is -0.0632. The largest absolute Gasteiger partial charge is 0.325 e. The third kappa shape index (κ3) is 3.76. The first-order chi connectivity index (χ1) is 12.2. The number of rotatable bonds is 5. The van der Waals surface area contributed by atoms with Gasteiger partial charge in [0.15, 0.2) is 0 Å². The van der Waals surface area contributed by atoms with Gasteiger partial charge in [-0.25, -0.2) is 0 Å². The van der Waals surface area contributed by atoms with Crippen LogP contribution in [0.1, 0.15) is 49.3 Å². The van der Waals surface area contributed by atoms with Crippen molar-refractivity contribution < 1.29 is 4.79 Å². The van der Waals surface area contributed by atoms with E-state index >= 15 is 0 Å². The van der Waals surface area contributed by atoms with E-state index in [2.05, 4.69) is 27.4 Å². The number of piperidine rings is 1. The average molecular weight is 338 g/mol. The van der Waals surface area contributed by atoms with Gasteiger partial charge in [-0.05, 0) is 61.9 Å². The molecule has 1 aromatic heterocycles. The second-order valence-corrected chi connectivity index (χ2v) is 7.31. The summed E-state index contributed by atoms with van der Waals surface area (Å²) in [6.45, 7) is 1.74. The van der Waals surface area contributed by atoms with Crippen LogP contribution in [0, 0.1) is 0 Å². The number of benzene rings is 1. The van der Waals surface area contributed by atoms with Crippen molar-refractivity contribution in [3.8, 4) is 0 Å². The third-order valence-electron chi connectivity index (χ3n) is 5.43. The van der Waals surface area contributed by atoms with E-state index in [4.69, 9.17) is 0 Å². The highest BCUT2D eigenvalue weighted by Crippen LogP contribution is 2.40. The molecule has 0 bridgehead atoms. The number of anilines is 1. The van der Waals surface area contributed by atoms with Gasteiger partial charge in [-0.3, -0.25) is 14.4 Å². The van der Waals surface area contributed by atoms with Gasteiger partial charge in [-0.15, -0.1) is 0 Å². The van der Waals surface area contributed by atoms with Crippen LogP contribution in [0.4, 0.5) is 5.69 Å². The molecule has 1 aliphatic heterocycles. The number of carbonyl (C=O) groups is 1. The van der Waals surface area contributed by atoms with Crippen LogP contribution >= 0.6 is 0 Å². The molecular weight excluding hydrogens is 312 g/mol. The van der Waals surface area contributed by atoms with E-state index in [-0.39, 0.29) is 11.9 Å². The summed E-state index contributed by atoms with van der Waals surface area (Å²) in [6, 6.07) is 10.4. The van der Waals surface area contributed by atoms with Gasteiger partial charge in [0.1, 0.15) is 0 Å². The molecule has 2 fully saturated rings. The lowest BCUT2D eigenvalue weighted by atomic mass is 10.0. The summed E-state index contributed by atoms with van der Waals surface area (Å²) < 4.78 is 1.89. The lowest BCUT2D eigenvalue weighted by Gasteiger charge is -2.34. The van der Waals surface area contributed by atoms with Gasteiger partial charge < -0.3 is 5.32 Å². The molecule has 0 unspecified atom stereocenters. The lowest BCUT2D eigenvalue weighted by molar-refractivity contribution is -0.122. The number of likely N-dealkylation sites (tertiary alicyclic amines) is 1. The minimum Gasteiger partial charge on any atom is -0.325 e. The van der Waals surface area contributed by atoms with Crippen molar-refractivity contribution in [3.05, 3.63) is 47.8 Å². The topological polar surface area (TPSA) is 50.2 Å². The monoisotopic (exact) mass is 338 g/mol. The molecule has 2 aromatic rings. The van der Waals surface area contributed by atoms with Gasteiger partial charge in [0.2, 0.25) is 5.91 Å². The van der Waals surface area contributed by atoms with Crippen LogP contribution in [0.5, 0.6) is 0 Å².